The summed E-state index contributed by atoms with van der Waals surface area (Å²) in [5.41, 5.74) is 0. The van der Waals surface area contributed by atoms with E-state index >= 15 is 0 Å². The first-order valence-corrected chi connectivity index (χ1v) is 5.42. The van der Waals surface area contributed by atoms with Crippen molar-refractivity contribution in [2.24, 2.45) is 0 Å². The van der Waals surface area contributed by atoms with E-state index in [1.165, 1.54) is 12.8 Å². The van der Waals surface area contributed by atoms with Crippen molar-refractivity contribution in [3.63, 3.8) is 0 Å². The minimum Gasteiger partial charge on any atom is -0.661 e. The molecule has 0 saturated heterocycles. The fourth-order valence-corrected chi connectivity index (χ4v) is 1.30. The third-order valence-electron chi connectivity index (χ3n) is 1.81. The van der Waals surface area contributed by atoms with Crippen LogP contribution in [0.4, 0.5) is 0 Å². The molecule has 0 fully saturated rings. The van der Waals surface area contributed by atoms with E-state index in [1.807, 2.05) is 0 Å². The summed E-state index contributed by atoms with van der Waals surface area (Å²) >= 11 is 0. The maximum Gasteiger partial charge on any atom is 2.00 e. The standard InChI is InChI=1S/C11H24N2.Mn/c1-6-7-11(13-10(4)5)8-12-9(2)3;/h9-11H,6-8H2,1-5H3;/q-2;+2. The van der Waals surface area contributed by atoms with Crippen LogP contribution in [0.1, 0.15) is 47.5 Å². The van der Waals surface area contributed by atoms with Gasteiger partial charge >= 0.3 is 17.1 Å². The van der Waals surface area contributed by atoms with Crippen molar-refractivity contribution < 1.29 is 17.1 Å². The van der Waals surface area contributed by atoms with Crippen LogP contribution in [-0.2, 0) is 17.1 Å². The monoisotopic (exact) mass is 239 g/mol. The molecule has 2 nitrogen and oxygen atoms in total. The van der Waals surface area contributed by atoms with Crippen LogP contribution in [0.3, 0.4) is 0 Å². The number of rotatable bonds is 7. The van der Waals surface area contributed by atoms with Gasteiger partial charge in [0.25, 0.3) is 0 Å². The van der Waals surface area contributed by atoms with Gasteiger partial charge in [-0.2, -0.15) is 12.6 Å². The van der Waals surface area contributed by atoms with Crippen LogP contribution in [-0.4, -0.2) is 24.7 Å². The van der Waals surface area contributed by atoms with Gasteiger partial charge in [-0.15, -0.1) is 12.1 Å². The van der Waals surface area contributed by atoms with Crippen molar-refractivity contribution in [3.8, 4) is 0 Å². The Hall–Kier alpha value is 0.439. The molecule has 0 N–H and O–H groups in total. The van der Waals surface area contributed by atoms with Crippen LogP contribution in [0.5, 0.6) is 0 Å². The number of nitrogens with zero attached hydrogens (tertiary/aromatic N) is 2. The summed E-state index contributed by atoms with van der Waals surface area (Å²) in [6.07, 6.45) is 2.38. The summed E-state index contributed by atoms with van der Waals surface area (Å²) < 4.78 is 0. The molecule has 3 heteroatoms. The van der Waals surface area contributed by atoms with Crippen molar-refractivity contribution in [2.45, 2.75) is 65.6 Å². The molecule has 0 aliphatic rings. The summed E-state index contributed by atoms with van der Waals surface area (Å²) in [6, 6.07) is 1.34. The average Bonchev–Trinajstić information content (AvgIpc) is 1.99. The Morgan fingerprint density at radius 1 is 1.00 bits per heavy atom. The maximum absolute atomic E-state index is 4.64. The molecule has 14 heavy (non-hydrogen) atoms. The molecule has 1 unspecified atom stereocenters. The Kier molecular flexibility index (Phi) is 12.0. The largest absolute Gasteiger partial charge is 2.00 e. The minimum atomic E-state index is 0. The van der Waals surface area contributed by atoms with Gasteiger partial charge in [0, 0.05) is 0 Å². The molecule has 0 rings (SSSR count). The first-order chi connectivity index (χ1) is 6.06. The zero-order valence-electron chi connectivity index (χ0n) is 10.1. The van der Waals surface area contributed by atoms with Gasteiger partial charge in [-0.05, 0) is 0 Å². The molecular formula is C11H24MnN2. The molecule has 0 heterocycles. The molecule has 1 atom stereocenters. The van der Waals surface area contributed by atoms with Crippen LogP contribution in [0.25, 0.3) is 10.6 Å². The van der Waals surface area contributed by atoms with Crippen molar-refractivity contribution in [1.82, 2.24) is 0 Å². The summed E-state index contributed by atoms with van der Waals surface area (Å²) in [6.45, 7) is 11.6. The van der Waals surface area contributed by atoms with E-state index in [9.17, 15) is 0 Å². The fraction of sp³-hybridized carbons (Fsp3) is 1.00. The van der Waals surface area contributed by atoms with Gasteiger partial charge in [0.05, 0.1) is 0 Å². The van der Waals surface area contributed by atoms with Crippen molar-refractivity contribution >= 4 is 0 Å². The third-order valence-corrected chi connectivity index (χ3v) is 1.81. The summed E-state index contributed by atoms with van der Waals surface area (Å²) in [4.78, 5) is 0. The smallest absolute Gasteiger partial charge is 0.661 e. The van der Waals surface area contributed by atoms with Gasteiger partial charge in [0.1, 0.15) is 0 Å². The van der Waals surface area contributed by atoms with E-state index in [1.54, 1.807) is 0 Å². The molecule has 0 bridgehead atoms. The molecule has 0 aromatic carbocycles. The summed E-state index contributed by atoms with van der Waals surface area (Å²) in [7, 11) is 0. The van der Waals surface area contributed by atoms with E-state index in [4.69, 9.17) is 0 Å². The first-order valence-electron chi connectivity index (χ1n) is 5.42. The second kappa shape index (κ2) is 9.97. The van der Waals surface area contributed by atoms with Gasteiger partial charge in [-0.3, -0.25) is 0 Å². The Balaban J connectivity index is 0. The van der Waals surface area contributed by atoms with Crippen LogP contribution in [0.2, 0.25) is 0 Å². The SMILES string of the molecule is CCCC(C[N-]C(C)C)[N-]C(C)C.[Mn+2]. The Labute approximate surface area is 100 Å². The van der Waals surface area contributed by atoms with Gasteiger partial charge in [0.2, 0.25) is 0 Å². The molecule has 0 aromatic heterocycles. The predicted molar refractivity (Wildman–Crippen MR) is 60.6 cm³/mol. The molecule has 0 aliphatic carbocycles. The summed E-state index contributed by atoms with van der Waals surface area (Å²) in [5.74, 6) is 0. The molecule has 1 radical (unpaired) electrons. The minimum absolute atomic E-state index is 0. The zero-order chi connectivity index (χ0) is 10.3. The molecule has 0 aromatic rings. The van der Waals surface area contributed by atoms with Gasteiger partial charge < -0.3 is 10.6 Å². The maximum atomic E-state index is 4.64. The van der Waals surface area contributed by atoms with Gasteiger partial charge in [-0.25, -0.2) is 0 Å². The van der Waals surface area contributed by atoms with Crippen LogP contribution < -0.4 is 0 Å². The molecular weight excluding hydrogens is 215 g/mol. The Morgan fingerprint density at radius 3 is 1.93 bits per heavy atom. The fourth-order valence-electron chi connectivity index (χ4n) is 1.30. The normalized spacial score (nSPS) is 13.1. The predicted octanol–water partition coefficient (Wildman–Crippen LogP) is 3.72. The quantitative estimate of drug-likeness (QED) is 0.606. The molecule has 0 spiro atoms. The Morgan fingerprint density at radius 2 is 1.57 bits per heavy atom. The second-order valence-corrected chi connectivity index (χ2v) is 4.14. The van der Waals surface area contributed by atoms with E-state index < -0.39 is 0 Å². The van der Waals surface area contributed by atoms with Gasteiger partial charge in [0.15, 0.2) is 0 Å². The molecule has 85 valence electrons. The van der Waals surface area contributed by atoms with Crippen molar-refractivity contribution in [1.29, 1.82) is 0 Å². The average molecular weight is 239 g/mol. The summed E-state index contributed by atoms with van der Waals surface area (Å²) in [5, 5.41) is 9.15. The first kappa shape index (κ1) is 16.9. The van der Waals surface area contributed by atoms with E-state index in [0.29, 0.717) is 18.1 Å². The van der Waals surface area contributed by atoms with Crippen molar-refractivity contribution in [3.05, 3.63) is 10.6 Å². The topological polar surface area (TPSA) is 28.2 Å². The Bertz CT molecular complexity index is 116. The molecule has 0 aliphatic heterocycles. The van der Waals surface area contributed by atoms with Gasteiger partial charge in [-0.1, -0.05) is 47.5 Å². The molecule has 0 amide bonds. The van der Waals surface area contributed by atoms with E-state index in [2.05, 4.69) is 45.3 Å². The van der Waals surface area contributed by atoms with Crippen LogP contribution in [0.15, 0.2) is 0 Å². The number of hydrogen-bond acceptors (Lipinski definition) is 0. The second-order valence-electron chi connectivity index (χ2n) is 4.14. The van der Waals surface area contributed by atoms with Crippen LogP contribution >= 0.6 is 0 Å². The third kappa shape index (κ3) is 10.5. The van der Waals surface area contributed by atoms with Crippen LogP contribution in [0, 0.1) is 0 Å². The van der Waals surface area contributed by atoms with E-state index in [-0.39, 0.29) is 17.1 Å². The van der Waals surface area contributed by atoms with Crippen molar-refractivity contribution in [2.75, 3.05) is 6.54 Å². The van der Waals surface area contributed by atoms with E-state index in [0.717, 1.165) is 6.54 Å². The number of hydrogen-bond donors (Lipinski definition) is 0. The zero-order valence-corrected chi connectivity index (χ0v) is 11.3. The molecule has 0 saturated carbocycles.